The molecule has 0 amide bonds. The van der Waals surface area contributed by atoms with Crippen LogP contribution in [0.5, 0.6) is 0 Å². The summed E-state index contributed by atoms with van der Waals surface area (Å²) in [6.45, 7) is 4.68. The molecular weight excluding hydrogens is 498 g/mol. The van der Waals surface area contributed by atoms with Crippen molar-refractivity contribution in [3.63, 3.8) is 0 Å². The van der Waals surface area contributed by atoms with Crippen molar-refractivity contribution in [1.29, 1.82) is 0 Å². The molecule has 0 atom stereocenters. The van der Waals surface area contributed by atoms with Crippen LogP contribution in [-0.2, 0) is 5.41 Å². The van der Waals surface area contributed by atoms with Crippen molar-refractivity contribution in [2.45, 2.75) is 19.3 Å². The first-order valence-corrected chi connectivity index (χ1v) is 14.2. The van der Waals surface area contributed by atoms with E-state index in [2.05, 4.69) is 146 Å². The molecule has 1 aromatic heterocycles. The molecule has 2 heteroatoms. The van der Waals surface area contributed by atoms with Crippen LogP contribution in [0.4, 0.5) is 17.1 Å². The highest BCUT2D eigenvalue weighted by Crippen LogP contribution is 2.51. The van der Waals surface area contributed by atoms with Gasteiger partial charge in [-0.15, -0.1) is 0 Å². The van der Waals surface area contributed by atoms with Gasteiger partial charge in [0.15, 0.2) is 0 Å². The maximum Gasteiger partial charge on any atom is 0.136 e. The summed E-state index contributed by atoms with van der Waals surface area (Å²) in [5.41, 5.74) is 12.9. The monoisotopic (exact) mass is 527 g/mol. The minimum Gasteiger partial charge on any atom is -0.456 e. The van der Waals surface area contributed by atoms with E-state index in [9.17, 15) is 0 Å². The van der Waals surface area contributed by atoms with Crippen LogP contribution in [0.15, 0.2) is 144 Å². The molecule has 6 aromatic carbocycles. The molecule has 41 heavy (non-hydrogen) atoms. The van der Waals surface area contributed by atoms with E-state index in [1.165, 1.54) is 22.3 Å². The summed E-state index contributed by atoms with van der Waals surface area (Å²) in [5, 5.41) is 2.28. The number of para-hydroxylation sites is 3. The van der Waals surface area contributed by atoms with Gasteiger partial charge in [-0.3, -0.25) is 0 Å². The van der Waals surface area contributed by atoms with Gasteiger partial charge in [-0.2, -0.15) is 0 Å². The van der Waals surface area contributed by atoms with E-state index in [-0.39, 0.29) is 5.41 Å². The van der Waals surface area contributed by atoms with E-state index in [1.54, 1.807) is 0 Å². The zero-order chi connectivity index (χ0) is 27.6. The van der Waals surface area contributed by atoms with Crippen LogP contribution in [0.3, 0.4) is 0 Å². The zero-order valence-electron chi connectivity index (χ0n) is 23.1. The van der Waals surface area contributed by atoms with Crippen LogP contribution >= 0.6 is 0 Å². The van der Waals surface area contributed by atoms with Crippen LogP contribution in [0.25, 0.3) is 44.2 Å². The fraction of sp³-hybridized carbons (Fsp3) is 0.0769. The summed E-state index contributed by atoms with van der Waals surface area (Å²) < 4.78 is 6.27. The summed E-state index contributed by atoms with van der Waals surface area (Å²) in [5.74, 6) is 0. The summed E-state index contributed by atoms with van der Waals surface area (Å²) in [6.07, 6.45) is 0. The molecular formula is C39H29NO. The Balaban J connectivity index is 1.38. The van der Waals surface area contributed by atoms with Crippen LogP contribution in [-0.4, -0.2) is 0 Å². The summed E-state index contributed by atoms with van der Waals surface area (Å²) in [4.78, 5) is 2.40. The fourth-order valence-corrected chi connectivity index (χ4v) is 6.73. The number of anilines is 3. The van der Waals surface area contributed by atoms with Crippen LogP contribution in [0.1, 0.15) is 25.0 Å². The highest BCUT2D eigenvalue weighted by Gasteiger charge is 2.35. The number of furan rings is 1. The van der Waals surface area contributed by atoms with Crippen molar-refractivity contribution in [2.75, 3.05) is 4.90 Å². The van der Waals surface area contributed by atoms with Crippen molar-refractivity contribution in [2.24, 2.45) is 0 Å². The van der Waals surface area contributed by atoms with Gasteiger partial charge in [-0.25, -0.2) is 0 Å². The van der Waals surface area contributed by atoms with Gasteiger partial charge in [0.25, 0.3) is 0 Å². The molecule has 8 rings (SSSR count). The van der Waals surface area contributed by atoms with Crippen molar-refractivity contribution in [3.8, 4) is 22.3 Å². The Bertz CT molecular complexity index is 2080. The molecule has 196 valence electrons. The molecule has 0 saturated heterocycles. The zero-order valence-corrected chi connectivity index (χ0v) is 23.1. The first-order chi connectivity index (χ1) is 20.1. The summed E-state index contributed by atoms with van der Waals surface area (Å²) >= 11 is 0. The lowest BCUT2D eigenvalue weighted by atomic mass is 9.82. The smallest absolute Gasteiger partial charge is 0.136 e. The van der Waals surface area contributed by atoms with Gasteiger partial charge in [-0.05, 0) is 70.3 Å². The Morgan fingerprint density at radius 3 is 2.02 bits per heavy atom. The third-order valence-electron chi connectivity index (χ3n) is 8.68. The fourth-order valence-electron chi connectivity index (χ4n) is 6.73. The number of fused-ring (bicyclic) bond motifs is 6. The van der Waals surface area contributed by atoms with Gasteiger partial charge in [0.2, 0.25) is 0 Å². The second-order valence-corrected chi connectivity index (χ2v) is 11.4. The van der Waals surface area contributed by atoms with E-state index in [1.807, 2.05) is 12.1 Å². The molecule has 1 aliphatic rings. The maximum atomic E-state index is 6.27. The SMILES string of the molecule is CC1(C)c2ccccc2-c2ccc(N(c3ccccc3)c3ccccc3-c3cccc4oc5ccccc5c34)cc21. The van der Waals surface area contributed by atoms with Gasteiger partial charge >= 0.3 is 0 Å². The van der Waals surface area contributed by atoms with Gasteiger partial charge < -0.3 is 9.32 Å². The topological polar surface area (TPSA) is 16.4 Å². The van der Waals surface area contributed by atoms with E-state index in [4.69, 9.17) is 4.42 Å². The summed E-state index contributed by atoms with van der Waals surface area (Å²) in [7, 11) is 0. The van der Waals surface area contributed by atoms with Crippen LogP contribution in [0.2, 0.25) is 0 Å². The van der Waals surface area contributed by atoms with E-state index in [0.29, 0.717) is 0 Å². The van der Waals surface area contributed by atoms with E-state index in [0.717, 1.165) is 50.1 Å². The molecule has 0 bridgehead atoms. The lowest BCUT2D eigenvalue weighted by Gasteiger charge is -2.30. The lowest BCUT2D eigenvalue weighted by Crippen LogP contribution is -2.16. The quantitative estimate of drug-likeness (QED) is 0.226. The van der Waals surface area contributed by atoms with E-state index >= 15 is 0 Å². The molecule has 0 radical (unpaired) electrons. The Kier molecular flexibility index (Phi) is 5.20. The molecule has 0 fully saturated rings. The van der Waals surface area contributed by atoms with Gasteiger partial charge in [0, 0.05) is 33.1 Å². The second-order valence-electron chi connectivity index (χ2n) is 11.4. The molecule has 0 spiro atoms. The predicted octanol–water partition coefficient (Wildman–Crippen LogP) is 11.0. The minimum absolute atomic E-state index is 0.0783. The van der Waals surface area contributed by atoms with Crippen LogP contribution in [0, 0.1) is 0 Å². The number of nitrogens with zero attached hydrogens (tertiary/aromatic N) is 1. The van der Waals surface area contributed by atoms with E-state index < -0.39 is 0 Å². The molecule has 0 unspecified atom stereocenters. The molecule has 1 heterocycles. The third-order valence-corrected chi connectivity index (χ3v) is 8.68. The molecule has 0 aliphatic heterocycles. The van der Waals surface area contributed by atoms with Crippen molar-refractivity contribution >= 4 is 39.0 Å². The second kappa shape index (κ2) is 8.97. The normalized spacial score (nSPS) is 13.3. The predicted molar refractivity (Wildman–Crippen MR) is 171 cm³/mol. The largest absolute Gasteiger partial charge is 0.456 e. The van der Waals surface area contributed by atoms with Gasteiger partial charge in [-0.1, -0.05) is 111 Å². The molecule has 7 aromatic rings. The lowest BCUT2D eigenvalue weighted by molar-refractivity contribution is 0.660. The van der Waals surface area contributed by atoms with Gasteiger partial charge in [0.05, 0.1) is 5.69 Å². The third kappa shape index (κ3) is 3.57. The van der Waals surface area contributed by atoms with Crippen molar-refractivity contribution in [3.05, 3.63) is 151 Å². The number of rotatable bonds is 4. The molecule has 0 N–H and O–H groups in total. The maximum absolute atomic E-state index is 6.27. The summed E-state index contributed by atoms with van der Waals surface area (Å²) in [6, 6.07) is 49.9. The standard InChI is InChI=1S/C39H29NO/c1-39(2)33-19-9-6-15-28(33)29-24-23-27(25-34(29)39)40(26-13-4-3-5-14-26)35-20-10-7-16-30(35)31-18-12-22-37-38(31)32-17-8-11-21-36(32)41-37/h3-25H,1-2H3. The Hall–Kier alpha value is -5.08. The number of benzene rings is 6. The first kappa shape index (κ1) is 23.8. The minimum atomic E-state index is -0.0783. The molecule has 0 saturated carbocycles. The highest BCUT2D eigenvalue weighted by molar-refractivity contribution is 6.13. The van der Waals surface area contributed by atoms with Crippen molar-refractivity contribution < 1.29 is 4.42 Å². The average Bonchev–Trinajstić information content (AvgIpc) is 3.51. The van der Waals surface area contributed by atoms with Crippen LogP contribution < -0.4 is 4.90 Å². The molecule has 2 nitrogen and oxygen atoms in total. The Morgan fingerprint density at radius 2 is 1.15 bits per heavy atom. The number of hydrogen-bond acceptors (Lipinski definition) is 2. The number of hydrogen-bond donors (Lipinski definition) is 0. The van der Waals surface area contributed by atoms with Gasteiger partial charge in [0.1, 0.15) is 11.2 Å². The highest BCUT2D eigenvalue weighted by atomic mass is 16.3. The first-order valence-electron chi connectivity index (χ1n) is 14.2. The molecule has 1 aliphatic carbocycles. The van der Waals surface area contributed by atoms with Crippen molar-refractivity contribution in [1.82, 2.24) is 0 Å². The Morgan fingerprint density at radius 1 is 0.488 bits per heavy atom. The average molecular weight is 528 g/mol. The Labute approximate surface area is 240 Å².